The van der Waals surface area contributed by atoms with Gasteiger partial charge in [-0.3, -0.25) is 0 Å². The SMILES string of the molecule is COCC(C)(CCO)NCc1cnc2cc(C)ccn12. The Bertz CT molecular complexity index is 559. The van der Waals surface area contributed by atoms with Crippen molar-refractivity contribution in [2.24, 2.45) is 0 Å². The van der Waals surface area contributed by atoms with Crippen molar-refractivity contribution in [3.63, 3.8) is 0 Å². The Kier molecular flexibility index (Phi) is 4.75. The Balaban J connectivity index is 2.11. The number of aliphatic hydroxyl groups is 1. The highest BCUT2D eigenvalue weighted by molar-refractivity contribution is 5.42. The van der Waals surface area contributed by atoms with Crippen LogP contribution in [0, 0.1) is 6.92 Å². The normalized spacial score (nSPS) is 14.6. The Morgan fingerprint density at radius 1 is 1.50 bits per heavy atom. The number of imidazole rings is 1. The van der Waals surface area contributed by atoms with Crippen LogP contribution in [0.3, 0.4) is 0 Å². The van der Waals surface area contributed by atoms with Crippen LogP contribution in [-0.4, -0.2) is 40.4 Å². The van der Waals surface area contributed by atoms with E-state index < -0.39 is 0 Å². The van der Waals surface area contributed by atoms with Gasteiger partial charge in [0.2, 0.25) is 0 Å². The van der Waals surface area contributed by atoms with Crippen LogP contribution in [0.1, 0.15) is 24.6 Å². The molecule has 0 amide bonds. The summed E-state index contributed by atoms with van der Waals surface area (Å²) in [7, 11) is 1.67. The minimum absolute atomic E-state index is 0.138. The van der Waals surface area contributed by atoms with Crippen LogP contribution < -0.4 is 5.32 Å². The molecule has 0 fully saturated rings. The third kappa shape index (κ3) is 3.36. The number of fused-ring (bicyclic) bond motifs is 1. The van der Waals surface area contributed by atoms with Crippen LogP contribution in [0.4, 0.5) is 0 Å². The molecule has 2 N–H and O–H groups in total. The molecule has 0 aliphatic heterocycles. The third-order valence-corrected chi connectivity index (χ3v) is 3.57. The molecule has 2 aromatic heterocycles. The summed E-state index contributed by atoms with van der Waals surface area (Å²) in [5, 5.41) is 12.6. The van der Waals surface area contributed by atoms with Gasteiger partial charge in [-0.25, -0.2) is 4.98 Å². The molecule has 0 bridgehead atoms. The minimum atomic E-state index is -0.238. The fraction of sp³-hybridized carbons (Fsp3) is 0.533. The van der Waals surface area contributed by atoms with E-state index in [0.717, 1.165) is 11.3 Å². The minimum Gasteiger partial charge on any atom is -0.396 e. The van der Waals surface area contributed by atoms with Crippen molar-refractivity contribution in [3.8, 4) is 0 Å². The van der Waals surface area contributed by atoms with Crippen molar-refractivity contribution in [1.29, 1.82) is 0 Å². The molecule has 110 valence electrons. The van der Waals surface area contributed by atoms with E-state index in [2.05, 4.69) is 40.7 Å². The van der Waals surface area contributed by atoms with Crippen LogP contribution in [0.15, 0.2) is 24.5 Å². The van der Waals surface area contributed by atoms with E-state index in [1.807, 2.05) is 12.4 Å². The molecular weight excluding hydrogens is 254 g/mol. The number of methoxy groups -OCH3 is 1. The van der Waals surface area contributed by atoms with Gasteiger partial charge in [0, 0.05) is 32.0 Å². The summed E-state index contributed by atoms with van der Waals surface area (Å²) in [4.78, 5) is 4.41. The summed E-state index contributed by atoms with van der Waals surface area (Å²) in [5.41, 5.74) is 3.02. The zero-order valence-corrected chi connectivity index (χ0v) is 12.4. The summed E-state index contributed by atoms with van der Waals surface area (Å²) >= 11 is 0. The number of rotatable bonds is 7. The number of aromatic nitrogens is 2. The highest BCUT2D eigenvalue weighted by atomic mass is 16.5. The first kappa shape index (κ1) is 15.0. The average molecular weight is 277 g/mol. The Labute approximate surface area is 119 Å². The van der Waals surface area contributed by atoms with Crippen molar-refractivity contribution in [2.45, 2.75) is 32.4 Å². The third-order valence-electron chi connectivity index (χ3n) is 3.57. The number of hydrogen-bond donors (Lipinski definition) is 2. The van der Waals surface area contributed by atoms with E-state index in [4.69, 9.17) is 4.74 Å². The Morgan fingerprint density at radius 3 is 3.00 bits per heavy atom. The lowest BCUT2D eigenvalue weighted by Gasteiger charge is -2.29. The van der Waals surface area contributed by atoms with Gasteiger partial charge >= 0.3 is 0 Å². The van der Waals surface area contributed by atoms with Gasteiger partial charge in [-0.1, -0.05) is 0 Å². The van der Waals surface area contributed by atoms with Crippen molar-refractivity contribution in [3.05, 3.63) is 35.8 Å². The zero-order valence-electron chi connectivity index (χ0n) is 12.4. The predicted molar refractivity (Wildman–Crippen MR) is 78.8 cm³/mol. The summed E-state index contributed by atoms with van der Waals surface area (Å²) in [5.74, 6) is 0. The quantitative estimate of drug-likeness (QED) is 0.805. The highest BCUT2D eigenvalue weighted by Gasteiger charge is 2.23. The molecule has 1 atom stereocenters. The topological polar surface area (TPSA) is 58.8 Å². The fourth-order valence-corrected chi connectivity index (χ4v) is 2.35. The summed E-state index contributed by atoms with van der Waals surface area (Å²) < 4.78 is 7.31. The molecule has 0 aliphatic carbocycles. The average Bonchev–Trinajstić information content (AvgIpc) is 2.79. The molecular formula is C15H23N3O2. The van der Waals surface area contributed by atoms with Crippen molar-refractivity contribution >= 4 is 5.65 Å². The second-order valence-electron chi connectivity index (χ2n) is 5.50. The summed E-state index contributed by atoms with van der Waals surface area (Å²) in [6, 6.07) is 4.13. The molecule has 5 nitrogen and oxygen atoms in total. The van der Waals surface area contributed by atoms with E-state index in [1.165, 1.54) is 5.56 Å². The van der Waals surface area contributed by atoms with Crippen molar-refractivity contribution < 1.29 is 9.84 Å². The van der Waals surface area contributed by atoms with Crippen molar-refractivity contribution in [1.82, 2.24) is 14.7 Å². The number of nitrogens with one attached hydrogen (secondary N) is 1. The molecule has 0 spiro atoms. The lowest BCUT2D eigenvalue weighted by Crippen LogP contribution is -2.46. The maximum Gasteiger partial charge on any atom is 0.137 e. The van der Waals surface area contributed by atoms with Gasteiger partial charge in [0.05, 0.1) is 18.5 Å². The maximum absolute atomic E-state index is 9.17. The van der Waals surface area contributed by atoms with E-state index in [0.29, 0.717) is 19.6 Å². The van der Waals surface area contributed by atoms with Gasteiger partial charge in [-0.05, 0) is 38.0 Å². The van der Waals surface area contributed by atoms with Crippen LogP contribution in [-0.2, 0) is 11.3 Å². The monoisotopic (exact) mass is 277 g/mol. The number of nitrogens with zero attached hydrogens (tertiary/aromatic N) is 2. The van der Waals surface area contributed by atoms with E-state index in [9.17, 15) is 5.11 Å². The van der Waals surface area contributed by atoms with Gasteiger partial charge in [0.25, 0.3) is 0 Å². The zero-order chi connectivity index (χ0) is 14.6. The summed E-state index contributed by atoms with van der Waals surface area (Å²) in [6.07, 6.45) is 4.57. The standard InChI is InChI=1S/C15H23N3O2/c1-12-4-6-18-13(9-16-14(18)8-12)10-17-15(2,5-7-19)11-20-3/h4,6,8-9,17,19H,5,7,10-11H2,1-3H3. The van der Waals surface area contributed by atoms with Gasteiger partial charge < -0.3 is 19.6 Å². The van der Waals surface area contributed by atoms with Crippen LogP contribution in [0.2, 0.25) is 0 Å². The van der Waals surface area contributed by atoms with Crippen molar-refractivity contribution in [2.75, 3.05) is 20.3 Å². The van der Waals surface area contributed by atoms with Gasteiger partial charge in [-0.15, -0.1) is 0 Å². The van der Waals surface area contributed by atoms with Gasteiger partial charge in [0.1, 0.15) is 5.65 Å². The molecule has 2 heterocycles. The van der Waals surface area contributed by atoms with Gasteiger partial charge in [-0.2, -0.15) is 0 Å². The van der Waals surface area contributed by atoms with Crippen LogP contribution in [0.5, 0.6) is 0 Å². The van der Waals surface area contributed by atoms with E-state index in [-0.39, 0.29) is 12.1 Å². The number of aryl methyl sites for hydroxylation is 1. The van der Waals surface area contributed by atoms with Crippen LogP contribution >= 0.6 is 0 Å². The molecule has 5 heteroatoms. The maximum atomic E-state index is 9.17. The molecule has 2 rings (SSSR count). The van der Waals surface area contributed by atoms with E-state index in [1.54, 1.807) is 7.11 Å². The predicted octanol–water partition coefficient (Wildman–Crippen LogP) is 1.52. The Morgan fingerprint density at radius 2 is 2.30 bits per heavy atom. The number of ether oxygens (including phenoxy) is 1. The first-order chi connectivity index (χ1) is 9.58. The fourth-order valence-electron chi connectivity index (χ4n) is 2.35. The second kappa shape index (κ2) is 6.35. The molecule has 0 saturated carbocycles. The number of pyridine rings is 1. The number of hydrogen-bond acceptors (Lipinski definition) is 4. The highest BCUT2D eigenvalue weighted by Crippen LogP contribution is 2.13. The number of aliphatic hydroxyl groups excluding tert-OH is 1. The Hall–Kier alpha value is -1.43. The molecule has 1 unspecified atom stereocenters. The molecule has 0 radical (unpaired) electrons. The first-order valence-corrected chi connectivity index (χ1v) is 6.85. The lowest BCUT2D eigenvalue weighted by molar-refractivity contribution is 0.0967. The lowest BCUT2D eigenvalue weighted by atomic mass is 9.99. The smallest absolute Gasteiger partial charge is 0.137 e. The molecule has 0 aliphatic rings. The molecule has 0 saturated heterocycles. The van der Waals surface area contributed by atoms with Gasteiger partial charge in [0.15, 0.2) is 0 Å². The molecule has 0 aromatic carbocycles. The molecule has 2 aromatic rings. The second-order valence-corrected chi connectivity index (χ2v) is 5.50. The van der Waals surface area contributed by atoms with E-state index >= 15 is 0 Å². The first-order valence-electron chi connectivity index (χ1n) is 6.85. The van der Waals surface area contributed by atoms with Crippen LogP contribution in [0.25, 0.3) is 5.65 Å². The summed E-state index contributed by atoms with van der Waals surface area (Å²) in [6.45, 7) is 5.50. The molecule has 20 heavy (non-hydrogen) atoms. The largest absolute Gasteiger partial charge is 0.396 e.